The molecule has 4 unspecified atom stereocenters. The second-order valence-corrected chi connectivity index (χ2v) is 3.08. The van der Waals surface area contributed by atoms with E-state index in [1.807, 2.05) is 0 Å². The summed E-state index contributed by atoms with van der Waals surface area (Å²) < 4.78 is 4.74. The highest BCUT2D eigenvalue weighted by molar-refractivity contribution is 5.72. The second-order valence-electron chi connectivity index (χ2n) is 3.08. The Morgan fingerprint density at radius 2 is 1.69 bits per heavy atom. The fraction of sp³-hybridized carbons (Fsp3) is 0.875. The number of hydrogen-bond donors (Lipinski definition) is 6. The summed E-state index contributed by atoms with van der Waals surface area (Å²) in [4.78, 5) is 10.3. The number of ether oxygens (including phenoxy) is 1. The van der Waals surface area contributed by atoms with Crippen LogP contribution in [0.4, 0.5) is 0 Å². The maximum atomic E-state index is 10.3. The van der Waals surface area contributed by atoms with Gasteiger partial charge in [0, 0.05) is 0 Å². The third kappa shape index (κ3) is 4.39. The molecule has 0 aliphatic carbocycles. The van der Waals surface area contributed by atoms with Crippen LogP contribution >= 0.6 is 0 Å². The minimum Gasteiger partial charge on any atom is -0.479 e. The summed E-state index contributed by atoms with van der Waals surface area (Å²) in [5.74, 6) is -1.70. The Morgan fingerprint density at radius 3 is 2.06 bits per heavy atom. The molecule has 0 aromatic rings. The molecule has 0 saturated heterocycles. The Hall–Kier alpha value is -0.770. The molecule has 0 heterocycles. The van der Waals surface area contributed by atoms with E-state index in [4.69, 9.17) is 25.2 Å². The average molecular weight is 240 g/mol. The minimum absolute atomic E-state index is 0.196. The summed E-state index contributed by atoms with van der Waals surface area (Å²) >= 11 is 0. The molecule has 0 saturated carbocycles. The van der Waals surface area contributed by atoms with E-state index in [0.29, 0.717) is 0 Å². The van der Waals surface area contributed by atoms with Crippen LogP contribution in [0.5, 0.6) is 0 Å². The number of hydrogen-bond acceptors (Lipinski definition) is 7. The number of rotatable bonds is 8. The van der Waals surface area contributed by atoms with Crippen molar-refractivity contribution < 1.29 is 40.2 Å². The summed E-state index contributed by atoms with van der Waals surface area (Å²) in [6.45, 7) is -1.25. The lowest BCUT2D eigenvalue weighted by Crippen LogP contribution is -2.49. The predicted molar refractivity (Wildman–Crippen MR) is 49.6 cm³/mol. The average Bonchev–Trinajstić information content (AvgIpc) is 2.27. The van der Waals surface area contributed by atoms with Crippen LogP contribution in [0.15, 0.2) is 0 Å². The van der Waals surface area contributed by atoms with Crippen LogP contribution in [0.2, 0.25) is 0 Å². The summed E-state index contributed by atoms with van der Waals surface area (Å²) in [5, 5.41) is 53.1. The number of aliphatic hydroxyl groups excluding tert-OH is 5. The fourth-order valence-corrected chi connectivity index (χ4v) is 1.02. The molecule has 96 valence electrons. The molecule has 16 heavy (non-hydrogen) atoms. The molecule has 8 heteroatoms. The first-order valence-corrected chi connectivity index (χ1v) is 4.56. The third-order valence-electron chi connectivity index (χ3n) is 1.91. The maximum Gasteiger partial charge on any atom is 0.335 e. The van der Waals surface area contributed by atoms with E-state index in [1.165, 1.54) is 0 Å². The SMILES string of the molecule is O=C(O)C(O)C(O)C(O)C(CO)OCCO. The van der Waals surface area contributed by atoms with Crippen molar-refractivity contribution in [2.24, 2.45) is 0 Å². The molecule has 0 rings (SSSR count). The van der Waals surface area contributed by atoms with Crippen LogP contribution in [-0.2, 0) is 9.53 Å². The number of carboxylic acid groups (broad SMARTS) is 1. The van der Waals surface area contributed by atoms with E-state index in [1.54, 1.807) is 0 Å². The van der Waals surface area contributed by atoms with Crippen LogP contribution < -0.4 is 0 Å². The molecule has 0 spiro atoms. The Bertz CT molecular complexity index is 208. The third-order valence-corrected chi connectivity index (χ3v) is 1.91. The highest BCUT2D eigenvalue weighted by Crippen LogP contribution is 2.08. The molecular formula is C8H16O8. The maximum absolute atomic E-state index is 10.3. The molecule has 0 aromatic heterocycles. The lowest BCUT2D eigenvalue weighted by atomic mass is 10.0. The lowest BCUT2D eigenvalue weighted by molar-refractivity contribution is -0.168. The highest BCUT2D eigenvalue weighted by Gasteiger charge is 2.35. The molecule has 0 radical (unpaired) electrons. The van der Waals surface area contributed by atoms with Crippen LogP contribution in [-0.4, -0.2) is 80.8 Å². The highest BCUT2D eigenvalue weighted by atomic mass is 16.5. The minimum atomic E-state index is -2.18. The fourth-order valence-electron chi connectivity index (χ4n) is 1.02. The van der Waals surface area contributed by atoms with E-state index in [-0.39, 0.29) is 13.2 Å². The number of carbonyl (C=O) groups is 1. The molecule has 0 bridgehead atoms. The molecule has 6 N–H and O–H groups in total. The van der Waals surface area contributed by atoms with E-state index < -0.39 is 37.0 Å². The van der Waals surface area contributed by atoms with Gasteiger partial charge in [-0.15, -0.1) is 0 Å². The standard InChI is InChI=1S/C8H16O8/c9-1-2-16-4(3-10)5(11)6(12)7(13)8(14)15/h4-7,9-13H,1-3H2,(H,14,15). The van der Waals surface area contributed by atoms with Crippen molar-refractivity contribution >= 4 is 5.97 Å². The first-order chi connectivity index (χ1) is 7.45. The molecule has 0 aliphatic heterocycles. The number of aliphatic hydroxyl groups is 5. The van der Waals surface area contributed by atoms with Crippen molar-refractivity contribution in [3.05, 3.63) is 0 Å². The van der Waals surface area contributed by atoms with Gasteiger partial charge in [0.1, 0.15) is 18.3 Å². The molecule has 0 fully saturated rings. The van der Waals surface area contributed by atoms with Crippen molar-refractivity contribution in [2.45, 2.75) is 24.4 Å². The first-order valence-electron chi connectivity index (χ1n) is 4.56. The molecule has 8 nitrogen and oxygen atoms in total. The Kier molecular flexibility index (Phi) is 7.13. The summed E-state index contributed by atoms with van der Waals surface area (Å²) in [7, 11) is 0. The first kappa shape index (κ1) is 15.2. The van der Waals surface area contributed by atoms with Gasteiger partial charge in [-0.05, 0) is 0 Å². The molecule has 4 atom stereocenters. The van der Waals surface area contributed by atoms with Crippen LogP contribution in [0, 0.1) is 0 Å². The van der Waals surface area contributed by atoms with Crippen molar-refractivity contribution in [1.29, 1.82) is 0 Å². The van der Waals surface area contributed by atoms with Gasteiger partial charge in [-0.2, -0.15) is 0 Å². The van der Waals surface area contributed by atoms with Gasteiger partial charge in [0.25, 0.3) is 0 Å². The van der Waals surface area contributed by atoms with Crippen molar-refractivity contribution in [3.63, 3.8) is 0 Å². The van der Waals surface area contributed by atoms with E-state index in [2.05, 4.69) is 0 Å². The zero-order chi connectivity index (χ0) is 12.7. The van der Waals surface area contributed by atoms with Crippen molar-refractivity contribution in [2.75, 3.05) is 19.8 Å². The number of aliphatic carboxylic acids is 1. The Balaban J connectivity index is 4.36. The monoisotopic (exact) mass is 240 g/mol. The Morgan fingerprint density at radius 1 is 1.12 bits per heavy atom. The largest absolute Gasteiger partial charge is 0.479 e. The number of carboxylic acids is 1. The summed E-state index contributed by atoms with van der Waals surface area (Å²) in [5.41, 5.74) is 0. The van der Waals surface area contributed by atoms with Gasteiger partial charge in [-0.1, -0.05) is 0 Å². The van der Waals surface area contributed by atoms with Crippen molar-refractivity contribution in [3.8, 4) is 0 Å². The Labute approximate surface area is 91.3 Å². The van der Waals surface area contributed by atoms with Gasteiger partial charge >= 0.3 is 5.97 Å². The zero-order valence-corrected chi connectivity index (χ0v) is 8.43. The molecular weight excluding hydrogens is 224 g/mol. The van der Waals surface area contributed by atoms with Crippen LogP contribution in [0.25, 0.3) is 0 Å². The van der Waals surface area contributed by atoms with Gasteiger partial charge in [0.15, 0.2) is 6.10 Å². The van der Waals surface area contributed by atoms with Gasteiger partial charge in [-0.25, -0.2) is 4.79 Å². The van der Waals surface area contributed by atoms with Crippen LogP contribution in [0.3, 0.4) is 0 Å². The lowest BCUT2D eigenvalue weighted by Gasteiger charge is -2.26. The normalized spacial score (nSPS) is 18.8. The zero-order valence-electron chi connectivity index (χ0n) is 8.43. The second kappa shape index (κ2) is 7.49. The molecule has 0 amide bonds. The van der Waals surface area contributed by atoms with Gasteiger partial charge < -0.3 is 35.4 Å². The smallest absolute Gasteiger partial charge is 0.335 e. The van der Waals surface area contributed by atoms with E-state index in [9.17, 15) is 15.0 Å². The predicted octanol–water partition coefficient (Wildman–Crippen LogP) is -3.48. The van der Waals surface area contributed by atoms with Gasteiger partial charge in [0.05, 0.1) is 19.8 Å². The van der Waals surface area contributed by atoms with E-state index >= 15 is 0 Å². The van der Waals surface area contributed by atoms with Crippen molar-refractivity contribution in [1.82, 2.24) is 0 Å². The van der Waals surface area contributed by atoms with Crippen LogP contribution in [0.1, 0.15) is 0 Å². The van der Waals surface area contributed by atoms with E-state index in [0.717, 1.165) is 0 Å². The van der Waals surface area contributed by atoms with Gasteiger partial charge in [-0.3, -0.25) is 0 Å². The summed E-state index contributed by atoms with van der Waals surface area (Å²) in [6.07, 6.45) is -7.23. The summed E-state index contributed by atoms with van der Waals surface area (Å²) in [6, 6.07) is 0. The van der Waals surface area contributed by atoms with Gasteiger partial charge in [0.2, 0.25) is 0 Å². The molecule has 0 aliphatic rings. The molecule has 0 aromatic carbocycles. The quantitative estimate of drug-likeness (QED) is 0.256. The topological polar surface area (TPSA) is 148 Å².